The highest BCUT2D eigenvalue weighted by molar-refractivity contribution is 5.85. The Balaban J connectivity index is 0.00000225. The molecular formula is C10H21ClN2O3. The number of morpholine rings is 1. The first kappa shape index (κ1) is 15.6. The van der Waals surface area contributed by atoms with E-state index in [-0.39, 0.29) is 30.5 Å². The van der Waals surface area contributed by atoms with E-state index >= 15 is 0 Å². The Morgan fingerprint density at radius 1 is 1.62 bits per heavy atom. The van der Waals surface area contributed by atoms with Crippen molar-refractivity contribution in [3.05, 3.63) is 0 Å². The molecule has 0 radical (unpaired) electrons. The van der Waals surface area contributed by atoms with Gasteiger partial charge in [0.05, 0.1) is 18.8 Å². The number of carbonyl (C=O) groups excluding carboxylic acids is 1. The second-order valence-corrected chi connectivity index (χ2v) is 4.43. The Morgan fingerprint density at radius 3 is 2.75 bits per heavy atom. The maximum absolute atomic E-state index is 11.8. The summed E-state index contributed by atoms with van der Waals surface area (Å²) < 4.78 is 10.4. The normalized spacial score (nSPS) is 21.1. The minimum Gasteiger partial charge on any atom is -0.383 e. The Kier molecular flexibility index (Phi) is 6.25. The number of nitrogens with two attached hydrogens (primary N) is 1. The standard InChI is InChI=1S/C10H20N2O3.ClH/c1-10(2)7-12(4-5-15-10)9(13)8(11)6-14-3;/h8H,4-7,11H2,1-3H3;1H. The molecule has 1 amide bonds. The highest BCUT2D eigenvalue weighted by Gasteiger charge is 2.31. The Labute approximate surface area is 103 Å². The molecule has 1 atom stereocenters. The maximum atomic E-state index is 11.8. The highest BCUT2D eigenvalue weighted by atomic mass is 35.5. The van der Waals surface area contributed by atoms with E-state index in [1.165, 1.54) is 7.11 Å². The van der Waals surface area contributed by atoms with Crippen molar-refractivity contribution in [2.45, 2.75) is 25.5 Å². The van der Waals surface area contributed by atoms with Crippen molar-refractivity contribution >= 4 is 18.3 Å². The van der Waals surface area contributed by atoms with E-state index in [4.69, 9.17) is 15.2 Å². The maximum Gasteiger partial charge on any atom is 0.242 e. The number of halogens is 1. The van der Waals surface area contributed by atoms with Gasteiger partial charge in [0.2, 0.25) is 5.91 Å². The summed E-state index contributed by atoms with van der Waals surface area (Å²) in [6.45, 7) is 5.96. The minimum atomic E-state index is -0.566. The van der Waals surface area contributed by atoms with E-state index in [0.29, 0.717) is 19.7 Å². The van der Waals surface area contributed by atoms with Crippen molar-refractivity contribution in [1.82, 2.24) is 4.90 Å². The van der Waals surface area contributed by atoms with Gasteiger partial charge in [-0.05, 0) is 13.8 Å². The summed E-state index contributed by atoms with van der Waals surface area (Å²) in [5.41, 5.74) is 5.41. The number of rotatable bonds is 3. The van der Waals surface area contributed by atoms with Crippen molar-refractivity contribution in [3.8, 4) is 0 Å². The van der Waals surface area contributed by atoms with Gasteiger partial charge in [0, 0.05) is 20.2 Å². The molecule has 1 aliphatic heterocycles. The van der Waals surface area contributed by atoms with Crippen LogP contribution in [0.25, 0.3) is 0 Å². The first-order valence-electron chi connectivity index (χ1n) is 5.13. The van der Waals surface area contributed by atoms with Gasteiger partial charge in [0.1, 0.15) is 6.04 Å². The van der Waals surface area contributed by atoms with Crippen molar-refractivity contribution in [2.24, 2.45) is 5.73 Å². The molecule has 16 heavy (non-hydrogen) atoms. The van der Waals surface area contributed by atoms with Crippen LogP contribution in [0.1, 0.15) is 13.8 Å². The summed E-state index contributed by atoms with van der Waals surface area (Å²) in [4.78, 5) is 13.6. The fourth-order valence-corrected chi connectivity index (χ4v) is 1.69. The Hall–Kier alpha value is -0.360. The summed E-state index contributed by atoms with van der Waals surface area (Å²) in [6, 6.07) is -0.566. The van der Waals surface area contributed by atoms with E-state index in [9.17, 15) is 4.79 Å². The largest absolute Gasteiger partial charge is 0.383 e. The van der Waals surface area contributed by atoms with Gasteiger partial charge in [-0.1, -0.05) is 0 Å². The number of carbonyl (C=O) groups is 1. The van der Waals surface area contributed by atoms with Crippen LogP contribution in [0.5, 0.6) is 0 Å². The van der Waals surface area contributed by atoms with Crippen molar-refractivity contribution in [1.29, 1.82) is 0 Å². The predicted octanol–water partition coefficient (Wildman–Crippen LogP) is 0.0193. The van der Waals surface area contributed by atoms with Gasteiger partial charge in [-0.2, -0.15) is 0 Å². The smallest absolute Gasteiger partial charge is 0.242 e. The summed E-state index contributed by atoms with van der Waals surface area (Å²) >= 11 is 0. The number of hydrogen-bond donors (Lipinski definition) is 1. The zero-order valence-corrected chi connectivity index (χ0v) is 10.9. The van der Waals surface area contributed by atoms with E-state index in [0.717, 1.165) is 0 Å². The van der Waals surface area contributed by atoms with E-state index in [1.807, 2.05) is 13.8 Å². The van der Waals surface area contributed by atoms with Crippen LogP contribution in [0, 0.1) is 0 Å². The quantitative estimate of drug-likeness (QED) is 0.769. The third-order valence-electron chi connectivity index (χ3n) is 2.40. The predicted molar refractivity (Wildman–Crippen MR) is 63.7 cm³/mol. The summed E-state index contributed by atoms with van der Waals surface area (Å²) in [7, 11) is 1.54. The van der Waals surface area contributed by atoms with Crippen LogP contribution in [0.15, 0.2) is 0 Å². The number of amides is 1. The molecule has 1 saturated heterocycles. The first-order chi connectivity index (χ1) is 6.96. The highest BCUT2D eigenvalue weighted by Crippen LogP contribution is 2.16. The fourth-order valence-electron chi connectivity index (χ4n) is 1.69. The molecule has 1 rings (SSSR count). The lowest BCUT2D eigenvalue weighted by Gasteiger charge is -2.39. The molecule has 0 spiro atoms. The molecule has 6 heteroatoms. The van der Waals surface area contributed by atoms with Crippen LogP contribution < -0.4 is 5.73 Å². The molecule has 1 fully saturated rings. The van der Waals surface area contributed by atoms with Gasteiger partial charge in [0.15, 0.2) is 0 Å². The second-order valence-electron chi connectivity index (χ2n) is 4.43. The molecule has 0 aromatic rings. The molecule has 2 N–H and O–H groups in total. The van der Waals surface area contributed by atoms with Crippen LogP contribution in [0.2, 0.25) is 0 Å². The van der Waals surface area contributed by atoms with Crippen LogP contribution in [0.3, 0.4) is 0 Å². The van der Waals surface area contributed by atoms with Crippen molar-refractivity contribution in [2.75, 3.05) is 33.4 Å². The van der Waals surface area contributed by atoms with Crippen LogP contribution in [-0.2, 0) is 14.3 Å². The fraction of sp³-hybridized carbons (Fsp3) is 0.900. The minimum absolute atomic E-state index is 0. The average molecular weight is 253 g/mol. The lowest BCUT2D eigenvalue weighted by Crippen LogP contribution is -2.55. The Morgan fingerprint density at radius 2 is 2.25 bits per heavy atom. The third-order valence-corrected chi connectivity index (χ3v) is 2.40. The van der Waals surface area contributed by atoms with Crippen LogP contribution >= 0.6 is 12.4 Å². The number of nitrogens with zero attached hydrogens (tertiary/aromatic N) is 1. The molecule has 1 unspecified atom stereocenters. The zero-order valence-electron chi connectivity index (χ0n) is 10.1. The first-order valence-corrected chi connectivity index (χ1v) is 5.13. The van der Waals surface area contributed by atoms with Crippen LogP contribution in [0.4, 0.5) is 0 Å². The SMILES string of the molecule is COCC(N)C(=O)N1CCOC(C)(C)C1.Cl. The van der Waals surface area contributed by atoms with Crippen molar-refractivity contribution in [3.63, 3.8) is 0 Å². The van der Waals surface area contributed by atoms with Gasteiger partial charge in [0.25, 0.3) is 0 Å². The van der Waals surface area contributed by atoms with Gasteiger partial charge in [-0.15, -0.1) is 12.4 Å². The van der Waals surface area contributed by atoms with E-state index in [2.05, 4.69) is 0 Å². The number of ether oxygens (including phenoxy) is 2. The van der Waals surface area contributed by atoms with Gasteiger partial charge in [-0.25, -0.2) is 0 Å². The third kappa shape index (κ3) is 4.25. The van der Waals surface area contributed by atoms with E-state index in [1.54, 1.807) is 4.90 Å². The second kappa shape index (κ2) is 6.39. The summed E-state index contributed by atoms with van der Waals surface area (Å²) in [5, 5.41) is 0. The number of hydrogen-bond acceptors (Lipinski definition) is 4. The molecule has 0 saturated carbocycles. The van der Waals surface area contributed by atoms with Crippen LogP contribution in [-0.4, -0.2) is 55.9 Å². The molecule has 0 aromatic heterocycles. The molecule has 0 bridgehead atoms. The molecule has 96 valence electrons. The topological polar surface area (TPSA) is 64.8 Å². The van der Waals surface area contributed by atoms with Crippen molar-refractivity contribution < 1.29 is 14.3 Å². The van der Waals surface area contributed by atoms with Gasteiger partial charge >= 0.3 is 0 Å². The summed E-state index contributed by atoms with van der Waals surface area (Å²) in [6.07, 6.45) is 0. The zero-order chi connectivity index (χ0) is 11.5. The summed E-state index contributed by atoms with van der Waals surface area (Å²) in [5.74, 6) is -0.0618. The molecule has 1 aliphatic rings. The number of methoxy groups -OCH3 is 1. The Bertz CT molecular complexity index is 236. The molecule has 1 heterocycles. The average Bonchev–Trinajstić information content (AvgIpc) is 2.15. The van der Waals surface area contributed by atoms with E-state index < -0.39 is 6.04 Å². The monoisotopic (exact) mass is 252 g/mol. The lowest BCUT2D eigenvalue weighted by molar-refractivity contribution is -0.148. The molecular weight excluding hydrogens is 232 g/mol. The molecule has 0 aliphatic carbocycles. The van der Waals surface area contributed by atoms with Gasteiger partial charge < -0.3 is 20.1 Å². The van der Waals surface area contributed by atoms with Gasteiger partial charge in [-0.3, -0.25) is 4.79 Å². The molecule has 5 nitrogen and oxygen atoms in total. The molecule has 0 aromatic carbocycles. The lowest BCUT2D eigenvalue weighted by atomic mass is 10.1.